The van der Waals surface area contributed by atoms with E-state index in [1.165, 1.54) is 4.90 Å². The molecule has 2 rings (SSSR count). The van der Waals surface area contributed by atoms with E-state index < -0.39 is 47.1 Å². The quantitative estimate of drug-likeness (QED) is 0.584. The number of aliphatic hydroxyl groups is 1. The molecule has 4 N–H and O–H groups in total. The van der Waals surface area contributed by atoms with E-state index in [4.69, 9.17) is 5.73 Å². The zero-order valence-electron chi connectivity index (χ0n) is 17.8. The van der Waals surface area contributed by atoms with Crippen LogP contribution in [-0.2, 0) is 9.59 Å². The molecule has 168 valence electrons. The van der Waals surface area contributed by atoms with Crippen molar-refractivity contribution in [3.8, 4) is 0 Å². The monoisotopic (exact) mass is 427 g/mol. The molecule has 0 saturated carbocycles. The van der Waals surface area contributed by atoms with Crippen LogP contribution in [0, 0.1) is 23.5 Å². The second-order valence-electron chi connectivity index (χ2n) is 8.92. The number of nitrogens with two attached hydrogens (primary N) is 1. The van der Waals surface area contributed by atoms with Crippen molar-refractivity contribution in [2.24, 2.45) is 17.6 Å². The van der Waals surface area contributed by atoms with Gasteiger partial charge in [-0.05, 0) is 38.3 Å². The second kappa shape index (κ2) is 9.36. The van der Waals surface area contributed by atoms with E-state index in [-0.39, 0.29) is 37.7 Å². The van der Waals surface area contributed by atoms with Crippen molar-refractivity contribution in [1.82, 2.24) is 4.90 Å². The molecule has 1 amide bonds. The highest BCUT2D eigenvalue weighted by Crippen LogP contribution is 2.29. The van der Waals surface area contributed by atoms with Gasteiger partial charge >= 0.3 is 5.97 Å². The zero-order chi connectivity index (χ0) is 22.8. The molecule has 7 nitrogen and oxygen atoms in total. The van der Waals surface area contributed by atoms with Gasteiger partial charge in [0.2, 0.25) is 5.91 Å². The minimum absolute atomic E-state index is 0.0109. The smallest absolute Gasteiger partial charge is 0.306 e. The number of carbonyl (C=O) groups excluding carboxylic acids is 1. The number of amides is 1. The third-order valence-electron chi connectivity index (χ3n) is 5.77. The van der Waals surface area contributed by atoms with Crippen molar-refractivity contribution < 1.29 is 28.6 Å². The molecular formula is C21H31F2N3O4. The summed E-state index contributed by atoms with van der Waals surface area (Å²) in [5.74, 6) is -3.61. The normalized spacial score (nSPS) is 20.3. The maximum atomic E-state index is 14.2. The van der Waals surface area contributed by atoms with Gasteiger partial charge in [0.05, 0.1) is 24.3 Å². The lowest BCUT2D eigenvalue weighted by molar-refractivity contribution is -0.144. The Balaban J connectivity index is 2.10. The molecule has 1 aliphatic heterocycles. The lowest BCUT2D eigenvalue weighted by Gasteiger charge is -2.47. The van der Waals surface area contributed by atoms with Crippen LogP contribution in [0.5, 0.6) is 0 Å². The standard InChI is InChI=1S/C21H31F2N3O4/c1-12(2)14(20(29)30)8-18(27)16(24)9-25-10-19(28)26(11-21(25,3)4)17-7-13(22)5-6-15(17)23/h5-7,12,14,16,18,27H,8-11,24H2,1-4H3,(H,29,30)/t14-,16-,18-/m0/s1. The molecular weight excluding hydrogens is 396 g/mol. The lowest BCUT2D eigenvalue weighted by Crippen LogP contribution is -2.64. The Kier molecular flexibility index (Phi) is 7.54. The Morgan fingerprint density at radius 1 is 1.30 bits per heavy atom. The first-order valence-corrected chi connectivity index (χ1v) is 10.0. The van der Waals surface area contributed by atoms with Crippen LogP contribution in [-0.4, -0.2) is 64.3 Å². The Bertz CT molecular complexity index is 788. The summed E-state index contributed by atoms with van der Waals surface area (Å²) in [6.07, 6.45) is -1.05. The number of carboxylic acids is 1. The van der Waals surface area contributed by atoms with Crippen molar-refractivity contribution in [1.29, 1.82) is 0 Å². The number of nitrogens with zero attached hydrogens (tertiary/aromatic N) is 2. The van der Waals surface area contributed by atoms with E-state index in [9.17, 15) is 28.6 Å². The first-order valence-electron chi connectivity index (χ1n) is 10.0. The van der Waals surface area contributed by atoms with Gasteiger partial charge in [-0.2, -0.15) is 0 Å². The molecule has 0 spiro atoms. The highest BCUT2D eigenvalue weighted by Gasteiger charge is 2.40. The predicted octanol–water partition coefficient (Wildman–Crippen LogP) is 1.83. The molecule has 3 atom stereocenters. The van der Waals surface area contributed by atoms with Crippen LogP contribution in [0.4, 0.5) is 14.5 Å². The topological polar surface area (TPSA) is 107 Å². The number of aliphatic hydroxyl groups excluding tert-OH is 1. The van der Waals surface area contributed by atoms with E-state index in [1.807, 2.05) is 13.8 Å². The molecule has 1 aromatic rings. The fourth-order valence-corrected chi connectivity index (χ4v) is 3.73. The van der Waals surface area contributed by atoms with Crippen LogP contribution in [0.15, 0.2) is 18.2 Å². The Hall–Kier alpha value is -2.10. The van der Waals surface area contributed by atoms with E-state index >= 15 is 0 Å². The first-order chi connectivity index (χ1) is 13.8. The van der Waals surface area contributed by atoms with Crippen LogP contribution in [0.1, 0.15) is 34.1 Å². The summed E-state index contributed by atoms with van der Waals surface area (Å²) in [7, 11) is 0. The fraction of sp³-hybridized carbons (Fsp3) is 0.619. The van der Waals surface area contributed by atoms with Gasteiger partial charge in [0.1, 0.15) is 11.6 Å². The Morgan fingerprint density at radius 2 is 1.93 bits per heavy atom. The molecule has 0 unspecified atom stereocenters. The van der Waals surface area contributed by atoms with Gasteiger partial charge in [0.25, 0.3) is 0 Å². The largest absolute Gasteiger partial charge is 0.481 e. The van der Waals surface area contributed by atoms with Crippen molar-refractivity contribution >= 4 is 17.6 Å². The molecule has 1 saturated heterocycles. The molecule has 0 aromatic heterocycles. The number of hydrogen-bond acceptors (Lipinski definition) is 5. The fourth-order valence-electron chi connectivity index (χ4n) is 3.73. The van der Waals surface area contributed by atoms with E-state index in [2.05, 4.69) is 0 Å². The summed E-state index contributed by atoms with van der Waals surface area (Å²) < 4.78 is 27.7. The van der Waals surface area contributed by atoms with E-state index in [1.54, 1.807) is 18.7 Å². The average molecular weight is 427 g/mol. The van der Waals surface area contributed by atoms with E-state index in [0.717, 1.165) is 18.2 Å². The van der Waals surface area contributed by atoms with Gasteiger partial charge < -0.3 is 20.8 Å². The van der Waals surface area contributed by atoms with Crippen molar-refractivity contribution in [2.45, 2.75) is 51.8 Å². The molecule has 30 heavy (non-hydrogen) atoms. The predicted molar refractivity (Wildman–Crippen MR) is 109 cm³/mol. The van der Waals surface area contributed by atoms with Crippen molar-refractivity contribution in [2.75, 3.05) is 24.5 Å². The molecule has 0 bridgehead atoms. The van der Waals surface area contributed by atoms with Gasteiger partial charge in [-0.25, -0.2) is 8.78 Å². The number of piperazine rings is 1. The zero-order valence-corrected chi connectivity index (χ0v) is 17.8. The van der Waals surface area contributed by atoms with Gasteiger partial charge in [-0.3, -0.25) is 14.5 Å². The second-order valence-corrected chi connectivity index (χ2v) is 8.92. The number of benzene rings is 1. The third-order valence-corrected chi connectivity index (χ3v) is 5.77. The summed E-state index contributed by atoms with van der Waals surface area (Å²) in [4.78, 5) is 27.1. The molecule has 1 aromatic carbocycles. The van der Waals surface area contributed by atoms with Crippen LogP contribution in [0.2, 0.25) is 0 Å². The summed E-state index contributed by atoms with van der Waals surface area (Å²) in [5, 5.41) is 19.8. The first kappa shape index (κ1) is 24.2. The summed E-state index contributed by atoms with van der Waals surface area (Å²) >= 11 is 0. The van der Waals surface area contributed by atoms with Crippen LogP contribution < -0.4 is 10.6 Å². The van der Waals surface area contributed by atoms with Crippen molar-refractivity contribution in [3.05, 3.63) is 29.8 Å². The minimum Gasteiger partial charge on any atom is -0.481 e. The molecule has 0 radical (unpaired) electrons. The third kappa shape index (κ3) is 5.53. The maximum Gasteiger partial charge on any atom is 0.306 e. The SMILES string of the molecule is CC(C)[C@H](C[C@H](O)[C@@H](N)CN1CC(=O)N(c2cc(F)ccc2F)CC1(C)C)C(=O)O. The minimum atomic E-state index is -1.06. The molecule has 9 heteroatoms. The van der Waals surface area contributed by atoms with Gasteiger partial charge in [-0.1, -0.05) is 13.8 Å². The number of rotatable bonds is 8. The lowest BCUT2D eigenvalue weighted by atomic mass is 9.87. The molecule has 0 aliphatic carbocycles. The number of halogens is 2. The number of aliphatic carboxylic acids is 1. The number of carboxylic acid groups (broad SMARTS) is 1. The molecule has 1 heterocycles. The summed E-state index contributed by atoms with van der Waals surface area (Å²) in [6, 6.07) is 2.20. The molecule has 1 aliphatic rings. The van der Waals surface area contributed by atoms with Crippen LogP contribution in [0.3, 0.4) is 0 Å². The molecule has 1 fully saturated rings. The Morgan fingerprint density at radius 3 is 2.50 bits per heavy atom. The number of carbonyl (C=O) groups is 2. The Labute approximate surface area is 175 Å². The van der Waals surface area contributed by atoms with Crippen molar-refractivity contribution in [3.63, 3.8) is 0 Å². The van der Waals surface area contributed by atoms with Crippen LogP contribution in [0.25, 0.3) is 0 Å². The highest BCUT2D eigenvalue weighted by atomic mass is 19.1. The highest BCUT2D eigenvalue weighted by molar-refractivity contribution is 5.96. The van der Waals surface area contributed by atoms with E-state index in [0.29, 0.717) is 0 Å². The summed E-state index contributed by atoms with van der Waals surface area (Å²) in [6.45, 7) is 7.40. The van der Waals surface area contributed by atoms with Gasteiger partial charge in [0.15, 0.2) is 0 Å². The number of anilines is 1. The maximum absolute atomic E-state index is 14.2. The van der Waals surface area contributed by atoms with Gasteiger partial charge in [-0.15, -0.1) is 0 Å². The average Bonchev–Trinajstić information content (AvgIpc) is 2.63. The van der Waals surface area contributed by atoms with Gasteiger partial charge in [0, 0.05) is 30.7 Å². The number of hydrogen-bond donors (Lipinski definition) is 3. The summed E-state index contributed by atoms with van der Waals surface area (Å²) in [5.41, 5.74) is 5.39. The van der Waals surface area contributed by atoms with Crippen LogP contribution >= 0.6 is 0 Å².